The standard InChI is InChI=1S/C16H26N5O4P/c17-15-14-16(19-10-18-15)21(8-4-7-12-5-2-1-3-6-12)13(20-14)9-25-11-26(22,23)24/h10,12H,1-9,11H2,(H2,17,18,19)(H2,22,23,24). The molecular formula is C16H26N5O4P. The molecule has 10 heteroatoms. The summed E-state index contributed by atoms with van der Waals surface area (Å²) < 4.78 is 18.1. The summed E-state index contributed by atoms with van der Waals surface area (Å²) in [5, 5.41) is 0. The molecule has 2 aromatic heterocycles. The Morgan fingerprint density at radius 1 is 1.27 bits per heavy atom. The maximum Gasteiger partial charge on any atom is 0.350 e. The topological polar surface area (TPSA) is 136 Å². The first kappa shape index (κ1) is 19.2. The van der Waals surface area contributed by atoms with Crippen molar-refractivity contribution in [3.05, 3.63) is 12.2 Å². The lowest BCUT2D eigenvalue weighted by molar-refractivity contribution is 0.136. The number of nitrogens with two attached hydrogens (primary N) is 1. The van der Waals surface area contributed by atoms with E-state index in [-0.39, 0.29) is 12.4 Å². The Balaban J connectivity index is 1.71. The molecule has 1 aliphatic carbocycles. The van der Waals surface area contributed by atoms with Crippen molar-refractivity contribution in [2.45, 2.75) is 58.1 Å². The number of imidazole rings is 1. The molecular weight excluding hydrogens is 357 g/mol. The molecule has 0 bridgehead atoms. The zero-order chi connectivity index (χ0) is 18.6. The summed E-state index contributed by atoms with van der Waals surface area (Å²) in [6, 6.07) is 0. The van der Waals surface area contributed by atoms with Crippen LogP contribution in [0.15, 0.2) is 6.33 Å². The number of fused-ring (bicyclic) bond motifs is 1. The summed E-state index contributed by atoms with van der Waals surface area (Å²) in [6.45, 7) is 0.711. The first-order valence-electron chi connectivity index (χ1n) is 9.02. The summed E-state index contributed by atoms with van der Waals surface area (Å²) in [5.41, 5.74) is 7.02. The van der Waals surface area contributed by atoms with Gasteiger partial charge in [0.05, 0.1) is 0 Å². The number of hydrogen-bond acceptors (Lipinski definition) is 6. The highest BCUT2D eigenvalue weighted by Gasteiger charge is 2.18. The van der Waals surface area contributed by atoms with Gasteiger partial charge in [0.25, 0.3) is 0 Å². The Morgan fingerprint density at radius 3 is 2.77 bits per heavy atom. The molecule has 0 radical (unpaired) electrons. The van der Waals surface area contributed by atoms with Crippen molar-refractivity contribution in [3.63, 3.8) is 0 Å². The van der Waals surface area contributed by atoms with Gasteiger partial charge >= 0.3 is 7.60 Å². The van der Waals surface area contributed by atoms with Crippen molar-refractivity contribution >= 4 is 24.6 Å². The zero-order valence-electron chi connectivity index (χ0n) is 14.8. The fourth-order valence-electron chi connectivity index (χ4n) is 3.61. The molecule has 9 nitrogen and oxygen atoms in total. The molecule has 2 aromatic rings. The van der Waals surface area contributed by atoms with Gasteiger partial charge in [0.2, 0.25) is 0 Å². The van der Waals surface area contributed by atoms with E-state index < -0.39 is 13.9 Å². The van der Waals surface area contributed by atoms with Crippen LogP contribution in [0.2, 0.25) is 0 Å². The lowest BCUT2D eigenvalue weighted by Crippen LogP contribution is -2.10. The van der Waals surface area contributed by atoms with Crippen LogP contribution in [0.25, 0.3) is 11.2 Å². The fourth-order valence-corrected chi connectivity index (χ4v) is 3.94. The van der Waals surface area contributed by atoms with E-state index in [1.807, 2.05) is 4.57 Å². The minimum Gasteiger partial charge on any atom is -0.382 e. The summed E-state index contributed by atoms with van der Waals surface area (Å²) in [5.74, 6) is 1.63. The molecule has 0 atom stereocenters. The molecule has 144 valence electrons. The lowest BCUT2D eigenvalue weighted by Gasteiger charge is -2.21. The second-order valence-electron chi connectivity index (χ2n) is 6.90. The fraction of sp³-hybridized carbons (Fsp3) is 0.688. The molecule has 2 heterocycles. The van der Waals surface area contributed by atoms with E-state index >= 15 is 0 Å². The number of aryl methyl sites for hydroxylation is 1. The maximum atomic E-state index is 11.0. The highest BCUT2D eigenvalue weighted by Crippen LogP contribution is 2.34. The van der Waals surface area contributed by atoms with Crippen LogP contribution in [0.4, 0.5) is 5.82 Å². The van der Waals surface area contributed by atoms with Crippen LogP contribution in [-0.4, -0.2) is 35.7 Å². The molecule has 0 unspecified atom stereocenters. The smallest absolute Gasteiger partial charge is 0.350 e. The number of nitrogens with zero attached hydrogens (tertiary/aromatic N) is 4. The zero-order valence-corrected chi connectivity index (χ0v) is 15.6. The van der Waals surface area contributed by atoms with Gasteiger partial charge in [-0.05, 0) is 18.8 Å². The number of rotatable bonds is 8. The Morgan fingerprint density at radius 2 is 2.04 bits per heavy atom. The molecule has 0 saturated heterocycles. The van der Waals surface area contributed by atoms with E-state index in [4.69, 9.17) is 20.3 Å². The van der Waals surface area contributed by atoms with Crippen LogP contribution >= 0.6 is 7.60 Å². The van der Waals surface area contributed by atoms with Gasteiger partial charge in [-0.15, -0.1) is 0 Å². The van der Waals surface area contributed by atoms with E-state index in [9.17, 15) is 4.57 Å². The van der Waals surface area contributed by atoms with Gasteiger partial charge in [-0.1, -0.05) is 32.1 Å². The summed E-state index contributed by atoms with van der Waals surface area (Å²) in [7, 11) is -4.21. The minimum absolute atomic E-state index is 0.00958. The molecule has 3 rings (SSSR count). The van der Waals surface area contributed by atoms with Crippen molar-refractivity contribution in [2.24, 2.45) is 5.92 Å². The predicted molar refractivity (Wildman–Crippen MR) is 97.2 cm³/mol. The van der Waals surface area contributed by atoms with Crippen LogP contribution < -0.4 is 5.73 Å². The third kappa shape index (κ3) is 5.01. The van der Waals surface area contributed by atoms with Crippen molar-refractivity contribution in [1.82, 2.24) is 19.5 Å². The molecule has 1 fully saturated rings. The molecule has 4 N–H and O–H groups in total. The van der Waals surface area contributed by atoms with E-state index in [2.05, 4.69) is 15.0 Å². The van der Waals surface area contributed by atoms with Crippen LogP contribution in [0, 0.1) is 5.92 Å². The predicted octanol–water partition coefficient (Wildman–Crippen LogP) is 2.42. The quantitative estimate of drug-likeness (QED) is 0.591. The van der Waals surface area contributed by atoms with Crippen molar-refractivity contribution in [1.29, 1.82) is 0 Å². The van der Waals surface area contributed by atoms with Crippen LogP contribution in [0.3, 0.4) is 0 Å². The number of ether oxygens (including phenoxy) is 1. The molecule has 0 amide bonds. The Hall–Kier alpha value is -1.54. The third-order valence-electron chi connectivity index (χ3n) is 4.85. The average molecular weight is 383 g/mol. The number of aromatic nitrogens is 4. The number of anilines is 1. The summed E-state index contributed by atoms with van der Waals surface area (Å²) >= 11 is 0. The minimum atomic E-state index is -4.21. The third-order valence-corrected chi connectivity index (χ3v) is 5.37. The number of nitrogen functional groups attached to an aromatic ring is 1. The molecule has 0 aliphatic heterocycles. The normalized spacial score (nSPS) is 16.4. The first-order valence-corrected chi connectivity index (χ1v) is 10.8. The SMILES string of the molecule is Nc1ncnc2c1nc(COCP(=O)(O)O)n2CCCC1CCCCC1. The highest BCUT2D eigenvalue weighted by molar-refractivity contribution is 7.51. The molecule has 1 aliphatic rings. The van der Waals surface area contributed by atoms with Gasteiger partial charge in [-0.2, -0.15) is 0 Å². The molecule has 26 heavy (non-hydrogen) atoms. The van der Waals surface area contributed by atoms with Gasteiger partial charge in [0, 0.05) is 6.54 Å². The van der Waals surface area contributed by atoms with Crippen LogP contribution in [0.5, 0.6) is 0 Å². The molecule has 0 spiro atoms. The summed E-state index contributed by atoms with van der Waals surface area (Å²) in [6.07, 6.45) is 9.51. The van der Waals surface area contributed by atoms with Gasteiger partial charge in [-0.25, -0.2) is 15.0 Å². The van der Waals surface area contributed by atoms with E-state index in [0.29, 0.717) is 17.0 Å². The van der Waals surface area contributed by atoms with Gasteiger partial charge in [0.1, 0.15) is 25.1 Å². The Bertz CT molecular complexity index is 784. The van der Waals surface area contributed by atoms with Gasteiger partial charge in [0.15, 0.2) is 17.0 Å². The lowest BCUT2D eigenvalue weighted by atomic mass is 9.86. The molecule has 1 saturated carbocycles. The van der Waals surface area contributed by atoms with E-state index in [0.717, 1.165) is 25.3 Å². The first-order chi connectivity index (χ1) is 12.4. The Kier molecular flexibility index (Phi) is 6.24. The Labute approximate surface area is 152 Å². The van der Waals surface area contributed by atoms with Gasteiger partial charge < -0.3 is 24.8 Å². The van der Waals surface area contributed by atoms with Crippen LogP contribution in [0.1, 0.15) is 50.8 Å². The second kappa shape index (κ2) is 8.43. The van der Waals surface area contributed by atoms with Crippen molar-refractivity contribution in [2.75, 3.05) is 12.1 Å². The maximum absolute atomic E-state index is 11.0. The van der Waals surface area contributed by atoms with Crippen LogP contribution in [-0.2, 0) is 22.5 Å². The largest absolute Gasteiger partial charge is 0.382 e. The summed E-state index contributed by atoms with van der Waals surface area (Å²) in [4.78, 5) is 30.6. The number of hydrogen-bond donors (Lipinski definition) is 3. The van der Waals surface area contributed by atoms with E-state index in [1.165, 1.54) is 38.4 Å². The second-order valence-corrected chi connectivity index (χ2v) is 8.49. The molecule has 0 aromatic carbocycles. The van der Waals surface area contributed by atoms with Crippen molar-refractivity contribution in [3.8, 4) is 0 Å². The van der Waals surface area contributed by atoms with Gasteiger partial charge in [-0.3, -0.25) is 4.57 Å². The van der Waals surface area contributed by atoms with Crippen molar-refractivity contribution < 1.29 is 19.1 Å². The monoisotopic (exact) mass is 383 g/mol. The van der Waals surface area contributed by atoms with E-state index in [1.54, 1.807) is 0 Å². The highest BCUT2D eigenvalue weighted by atomic mass is 31.2. The average Bonchev–Trinajstić information content (AvgIpc) is 2.94.